The summed E-state index contributed by atoms with van der Waals surface area (Å²) in [6.45, 7) is 5.58. The standard InChI is InChI=1S/C12H21N5O3S/c1-12(2,3)16-11(18)6-7-15-21(19,20)9-4-5-10(17-13)14-8-9/h4-5,8,15H,6-7,13H2,1-3H3,(H,14,17)(H,16,18). The van der Waals surface area contributed by atoms with Crippen LogP contribution in [0.4, 0.5) is 5.82 Å². The first-order valence-corrected chi connectivity index (χ1v) is 7.86. The van der Waals surface area contributed by atoms with E-state index in [4.69, 9.17) is 5.84 Å². The van der Waals surface area contributed by atoms with Gasteiger partial charge in [-0.3, -0.25) is 4.79 Å². The molecule has 0 radical (unpaired) electrons. The maximum absolute atomic E-state index is 12.0. The van der Waals surface area contributed by atoms with Gasteiger partial charge < -0.3 is 10.7 Å². The Morgan fingerprint density at radius 3 is 2.48 bits per heavy atom. The lowest BCUT2D eigenvalue weighted by molar-refractivity contribution is -0.122. The summed E-state index contributed by atoms with van der Waals surface area (Å²) >= 11 is 0. The van der Waals surface area contributed by atoms with Crippen LogP contribution in [-0.4, -0.2) is 31.4 Å². The molecule has 1 aromatic heterocycles. The second kappa shape index (κ2) is 6.83. The fourth-order valence-electron chi connectivity index (χ4n) is 1.49. The van der Waals surface area contributed by atoms with Gasteiger partial charge in [0.25, 0.3) is 0 Å². The van der Waals surface area contributed by atoms with E-state index in [0.29, 0.717) is 5.82 Å². The zero-order valence-corrected chi connectivity index (χ0v) is 13.1. The summed E-state index contributed by atoms with van der Waals surface area (Å²) in [4.78, 5) is 15.4. The van der Waals surface area contributed by atoms with Gasteiger partial charge in [-0.15, -0.1) is 0 Å². The molecule has 0 unspecified atom stereocenters. The fourth-order valence-corrected chi connectivity index (χ4v) is 2.46. The van der Waals surface area contributed by atoms with Crippen molar-refractivity contribution in [2.75, 3.05) is 12.0 Å². The Bertz CT molecular complexity index is 578. The number of amides is 1. The number of carbonyl (C=O) groups excluding carboxylic acids is 1. The van der Waals surface area contributed by atoms with Gasteiger partial charge in [0.2, 0.25) is 15.9 Å². The van der Waals surface area contributed by atoms with Crippen molar-refractivity contribution < 1.29 is 13.2 Å². The first-order valence-electron chi connectivity index (χ1n) is 6.37. The number of nitrogen functional groups attached to an aromatic ring is 1. The van der Waals surface area contributed by atoms with E-state index in [-0.39, 0.29) is 29.3 Å². The first-order chi connectivity index (χ1) is 9.64. The average molecular weight is 315 g/mol. The van der Waals surface area contributed by atoms with Crippen LogP contribution < -0.4 is 21.3 Å². The highest BCUT2D eigenvalue weighted by molar-refractivity contribution is 7.89. The summed E-state index contributed by atoms with van der Waals surface area (Å²) < 4.78 is 26.3. The molecule has 0 fully saturated rings. The van der Waals surface area contributed by atoms with Crippen molar-refractivity contribution >= 4 is 21.7 Å². The molecule has 1 rings (SSSR count). The van der Waals surface area contributed by atoms with E-state index in [9.17, 15) is 13.2 Å². The van der Waals surface area contributed by atoms with Crippen molar-refractivity contribution in [2.45, 2.75) is 37.6 Å². The molecule has 5 N–H and O–H groups in total. The predicted octanol–water partition coefficient (Wildman–Crippen LogP) is -0.0497. The summed E-state index contributed by atoms with van der Waals surface area (Å²) in [5, 5.41) is 2.75. The fraction of sp³-hybridized carbons (Fsp3) is 0.500. The summed E-state index contributed by atoms with van der Waals surface area (Å²) in [7, 11) is -3.69. The molecule has 0 aliphatic carbocycles. The SMILES string of the molecule is CC(C)(C)NC(=O)CCNS(=O)(=O)c1ccc(NN)nc1. The highest BCUT2D eigenvalue weighted by Gasteiger charge is 2.16. The number of aromatic nitrogens is 1. The lowest BCUT2D eigenvalue weighted by Crippen LogP contribution is -2.41. The van der Waals surface area contributed by atoms with Crippen LogP contribution in [0.2, 0.25) is 0 Å². The molecule has 9 heteroatoms. The Hall–Kier alpha value is -1.71. The number of hydrogen-bond acceptors (Lipinski definition) is 6. The van der Waals surface area contributed by atoms with E-state index in [1.165, 1.54) is 18.3 Å². The molecule has 0 aliphatic rings. The Balaban J connectivity index is 2.55. The number of anilines is 1. The normalized spacial score (nSPS) is 12.0. The molecule has 118 valence electrons. The van der Waals surface area contributed by atoms with Gasteiger partial charge >= 0.3 is 0 Å². The summed E-state index contributed by atoms with van der Waals surface area (Å²) in [5.74, 6) is 5.29. The van der Waals surface area contributed by atoms with E-state index >= 15 is 0 Å². The minimum Gasteiger partial charge on any atom is -0.351 e. The van der Waals surface area contributed by atoms with Crippen LogP contribution in [0.15, 0.2) is 23.2 Å². The maximum atomic E-state index is 12.0. The lowest BCUT2D eigenvalue weighted by atomic mass is 10.1. The van der Waals surface area contributed by atoms with Crippen molar-refractivity contribution in [1.29, 1.82) is 0 Å². The largest absolute Gasteiger partial charge is 0.351 e. The van der Waals surface area contributed by atoms with Crippen LogP contribution >= 0.6 is 0 Å². The number of rotatable bonds is 6. The van der Waals surface area contributed by atoms with Gasteiger partial charge in [0.15, 0.2) is 0 Å². The first kappa shape index (κ1) is 17.3. The monoisotopic (exact) mass is 315 g/mol. The molecule has 1 heterocycles. The van der Waals surface area contributed by atoms with Gasteiger partial charge in [-0.2, -0.15) is 0 Å². The molecule has 21 heavy (non-hydrogen) atoms. The van der Waals surface area contributed by atoms with Gasteiger partial charge in [-0.25, -0.2) is 24.0 Å². The minimum absolute atomic E-state index is 0.0118. The number of carbonyl (C=O) groups is 1. The lowest BCUT2D eigenvalue weighted by Gasteiger charge is -2.20. The molecule has 0 aliphatic heterocycles. The second-order valence-corrected chi connectivity index (χ2v) is 7.24. The molecule has 0 saturated carbocycles. The number of nitrogens with one attached hydrogen (secondary N) is 3. The third kappa shape index (κ3) is 6.06. The second-order valence-electron chi connectivity index (χ2n) is 5.47. The van der Waals surface area contributed by atoms with Crippen LogP contribution in [0.3, 0.4) is 0 Å². The molecule has 1 aromatic rings. The van der Waals surface area contributed by atoms with Gasteiger partial charge in [0.1, 0.15) is 10.7 Å². The molecule has 1 amide bonds. The molecule has 0 saturated heterocycles. The van der Waals surface area contributed by atoms with Gasteiger partial charge in [-0.05, 0) is 32.9 Å². The molecule has 8 nitrogen and oxygen atoms in total. The van der Waals surface area contributed by atoms with Gasteiger partial charge in [0, 0.05) is 24.7 Å². The van der Waals surface area contributed by atoms with E-state index in [1.807, 2.05) is 20.8 Å². The molecule has 0 bridgehead atoms. The molecular formula is C12H21N5O3S. The Morgan fingerprint density at radius 1 is 1.33 bits per heavy atom. The van der Waals surface area contributed by atoms with Crippen molar-refractivity contribution in [3.8, 4) is 0 Å². The van der Waals surface area contributed by atoms with Crippen LogP contribution in [0.1, 0.15) is 27.2 Å². The van der Waals surface area contributed by atoms with Crippen LogP contribution in [0.5, 0.6) is 0 Å². The van der Waals surface area contributed by atoms with Crippen LogP contribution in [-0.2, 0) is 14.8 Å². The van der Waals surface area contributed by atoms with E-state index in [0.717, 1.165) is 0 Å². The summed E-state index contributed by atoms with van der Waals surface area (Å²) in [6, 6.07) is 2.82. The topological polar surface area (TPSA) is 126 Å². The quantitative estimate of drug-likeness (QED) is 0.431. The third-order valence-electron chi connectivity index (χ3n) is 2.35. The van der Waals surface area contributed by atoms with E-state index in [1.54, 1.807) is 0 Å². The van der Waals surface area contributed by atoms with Gasteiger partial charge in [0.05, 0.1) is 0 Å². The Morgan fingerprint density at radius 2 is 2.00 bits per heavy atom. The molecule has 0 spiro atoms. The third-order valence-corrected chi connectivity index (χ3v) is 3.80. The molecule has 0 atom stereocenters. The molecular weight excluding hydrogens is 294 g/mol. The van der Waals surface area contributed by atoms with Crippen molar-refractivity contribution in [1.82, 2.24) is 15.0 Å². The number of nitrogens with zero attached hydrogens (tertiary/aromatic N) is 1. The zero-order chi connectivity index (χ0) is 16.1. The maximum Gasteiger partial charge on any atom is 0.242 e. The number of hydrogen-bond donors (Lipinski definition) is 4. The minimum atomic E-state index is -3.69. The molecule has 0 aromatic carbocycles. The van der Waals surface area contributed by atoms with Gasteiger partial charge in [-0.1, -0.05) is 0 Å². The van der Waals surface area contributed by atoms with Crippen molar-refractivity contribution in [3.05, 3.63) is 18.3 Å². The van der Waals surface area contributed by atoms with E-state index < -0.39 is 10.0 Å². The highest BCUT2D eigenvalue weighted by atomic mass is 32.2. The smallest absolute Gasteiger partial charge is 0.242 e. The predicted molar refractivity (Wildman–Crippen MR) is 79.7 cm³/mol. The van der Waals surface area contributed by atoms with Crippen LogP contribution in [0, 0.1) is 0 Å². The van der Waals surface area contributed by atoms with Crippen molar-refractivity contribution in [2.24, 2.45) is 5.84 Å². The number of nitrogens with two attached hydrogens (primary N) is 1. The van der Waals surface area contributed by atoms with E-state index in [2.05, 4.69) is 20.4 Å². The number of pyridine rings is 1. The highest BCUT2D eigenvalue weighted by Crippen LogP contribution is 2.09. The summed E-state index contributed by atoms with van der Waals surface area (Å²) in [6.07, 6.45) is 1.25. The summed E-state index contributed by atoms with van der Waals surface area (Å²) in [5.41, 5.74) is 1.96. The van der Waals surface area contributed by atoms with Crippen molar-refractivity contribution in [3.63, 3.8) is 0 Å². The van der Waals surface area contributed by atoms with Crippen LogP contribution in [0.25, 0.3) is 0 Å². The Labute approximate surface area is 124 Å². The zero-order valence-electron chi connectivity index (χ0n) is 12.3. The average Bonchev–Trinajstić information content (AvgIpc) is 2.36. The number of hydrazine groups is 1. The number of sulfonamides is 1. The Kier molecular flexibility index (Phi) is 5.64.